The highest BCUT2D eigenvalue weighted by atomic mass is 35.5. The molecule has 0 radical (unpaired) electrons. The standard InChI is InChI=1S/C13H19ClN2O2S/c1-15-6-8-16(9-7-15)10-11-19(17,18)13-4-2-12(14)3-5-13/h2-5H,6-11H2,1H3. The van der Waals surface area contributed by atoms with Gasteiger partial charge in [0.2, 0.25) is 0 Å². The SMILES string of the molecule is CN1CCN(CCS(=O)(=O)c2ccc(Cl)cc2)CC1. The number of likely N-dealkylation sites (N-methyl/N-ethyl adjacent to an activating group) is 1. The predicted octanol–water partition coefficient (Wildman–Crippen LogP) is 1.36. The molecular formula is C13H19ClN2O2S. The third-order valence-electron chi connectivity index (χ3n) is 3.44. The van der Waals surface area contributed by atoms with E-state index in [9.17, 15) is 8.42 Å². The molecule has 0 spiro atoms. The van der Waals surface area contributed by atoms with Crippen LogP contribution in [0.2, 0.25) is 5.02 Å². The number of piperazine rings is 1. The zero-order valence-electron chi connectivity index (χ0n) is 11.0. The van der Waals surface area contributed by atoms with E-state index in [0.717, 1.165) is 26.2 Å². The molecule has 4 nitrogen and oxygen atoms in total. The molecular weight excluding hydrogens is 284 g/mol. The summed E-state index contributed by atoms with van der Waals surface area (Å²) >= 11 is 5.77. The van der Waals surface area contributed by atoms with Gasteiger partial charge in [-0.15, -0.1) is 0 Å². The summed E-state index contributed by atoms with van der Waals surface area (Å²) in [7, 11) is -1.12. The van der Waals surface area contributed by atoms with Gasteiger partial charge >= 0.3 is 0 Å². The Hall–Kier alpha value is -0.620. The van der Waals surface area contributed by atoms with Gasteiger partial charge in [-0.05, 0) is 31.3 Å². The van der Waals surface area contributed by atoms with Gasteiger partial charge in [-0.3, -0.25) is 4.90 Å². The maximum absolute atomic E-state index is 12.2. The van der Waals surface area contributed by atoms with Gasteiger partial charge in [0, 0.05) is 37.7 Å². The molecule has 2 rings (SSSR count). The molecule has 1 aliphatic rings. The Bertz CT molecular complexity index is 508. The van der Waals surface area contributed by atoms with Crippen molar-refractivity contribution in [3.63, 3.8) is 0 Å². The molecule has 1 saturated heterocycles. The summed E-state index contributed by atoms with van der Waals surface area (Å²) < 4.78 is 24.3. The van der Waals surface area contributed by atoms with Crippen LogP contribution in [-0.4, -0.2) is 63.7 Å². The lowest BCUT2D eigenvalue weighted by atomic mass is 10.3. The Morgan fingerprint density at radius 3 is 2.26 bits per heavy atom. The highest BCUT2D eigenvalue weighted by molar-refractivity contribution is 7.91. The Morgan fingerprint density at radius 1 is 1.11 bits per heavy atom. The van der Waals surface area contributed by atoms with Crippen LogP contribution >= 0.6 is 11.6 Å². The topological polar surface area (TPSA) is 40.6 Å². The molecule has 1 aromatic rings. The van der Waals surface area contributed by atoms with Crippen molar-refractivity contribution in [2.45, 2.75) is 4.90 Å². The normalized spacial score (nSPS) is 18.6. The van der Waals surface area contributed by atoms with E-state index in [1.54, 1.807) is 24.3 Å². The van der Waals surface area contributed by atoms with Gasteiger partial charge in [-0.1, -0.05) is 11.6 Å². The number of hydrogen-bond acceptors (Lipinski definition) is 4. The summed E-state index contributed by atoms with van der Waals surface area (Å²) in [4.78, 5) is 4.81. The second-order valence-electron chi connectivity index (χ2n) is 4.92. The fourth-order valence-electron chi connectivity index (χ4n) is 2.08. The van der Waals surface area contributed by atoms with E-state index in [2.05, 4.69) is 16.8 Å². The summed E-state index contributed by atoms with van der Waals surface area (Å²) in [5.74, 6) is 0.165. The maximum atomic E-state index is 12.2. The second-order valence-corrected chi connectivity index (χ2v) is 7.46. The van der Waals surface area contributed by atoms with Gasteiger partial charge in [-0.25, -0.2) is 8.42 Å². The van der Waals surface area contributed by atoms with Crippen molar-refractivity contribution < 1.29 is 8.42 Å². The number of nitrogens with zero attached hydrogens (tertiary/aromatic N) is 2. The van der Waals surface area contributed by atoms with Crippen LogP contribution in [0.5, 0.6) is 0 Å². The molecule has 0 amide bonds. The highest BCUT2D eigenvalue weighted by Crippen LogP contribution is 2.15. The van der Waals surface area contributed by atoms with Crippen LogP contribution in [0, 0.1) is 0 Å². The number of benzene rings is 1. The van der Waals surface area contributed by atoms with Gasteiger partial charge in [0.1, 0.15) is 0 Å². The molecule has 0 bridgehead atoms. The van der Waals surface area contributed by atoms with Crippen LogP contribution in [0.25, 0.3) is 0 Å². The van der Waals surface area contributed by atoms with Gasteiger partial charge in [0.15, 0.2) is 9.84 Å². The van der Waals surface area contributed by atoms with Crippen LogP contribution in [0.15, 0.2) is 29.2 Å². The summed E-state index contributed by atoms with van der Waals surface area (Å²) in [6.45, 7) is 4.47. The first-order valence-corrected chi connectivity index (χ1v) is 8.40. The lowest BCUT2D eigenvalue weighted by molar-refractivity contribution is 0.161. The summed E-state index contributed by atoms with van der Waals surface area (Å²) in [5.41, 5.74) is 0. The summed E-state index contributed by atoms with van der Waals surface area (Å²) in [5, 5.41) is 0.554. The molecule has 0 aliphatic carbocycles. The van der Waals surface area contributed by atoms with Crippen molar-refractivity contribution in [2.24, 2.45) is 0 Å². The number of halogens is 1. The van der Waals surface area contributed by atoms with Crippen molar-refractivity contribution in [1.29, 1.82) is 0 Å². The molecule has 0 atom stereocenters. The van der Waals surface area contributed by atoms with Crippen LogP contribution in [-0.2, 0) is 9.84 Å². The third-order valence-corrected chi connectivity index (χ3v) is 5.41. The first kappa shape index (κ1) is 14.8. The fraction of sp³-hybridized carbons (Fsp3) is 0.538. The van der Waals surface area contributed by atoms with Crippen molar-refractivity contribution in [3.8, 4) is 0 Å². The number of hydrogen-bond donors (Lipinski definition) is 0. The minimum atomic E-state index is -3.20. The average Bonchev–Trinajstić information content (AvgIpc) is 2.39. The predicted molar refractivity (Wildman–Crippen MR) is 77.4 cm³/mol. The van der Waals surface area contributed by atoms with E-state index in [4.69, 9.17) is 11.6 Å². The van der Waals surface area contributed by atoms with Gasteiger partial charge in [0.25, 0.3) is 0 Å². The van der Waals surface area contributed by atoms with Crippen molar-refractivity contribution >= 4 is 21.4 Å². The largest absolute Gasteiger partial charge is 0.304 e. The Kier molecular flexibility index (Phi) is 4.84. The molecule has 1 heterocycles. The molecule has 1 fully saturated rings. The van der Waals surface area contributed by atoms with Gasteiger partial charge in [0.05, 0.1) is 10.6 Å². The van der Waals surface area contributed by atoms with E-state index < -0.39 is 9.84 Å². The first-order valence-electron chi connectivity index (χ1n) is 6.36. The van der Waals surface area contributed by atoms with Crippen molar-refractivity contribution in [3.05, 3.63) is 29.3 Å². The second kappa shape index (κ2) is 6.22. The zero-order chi connectivity index (χ0) is 13.9. The van der Waals surface area contributed by atoms with E-state index in [1.165, 1.54) is 0 Å². The zero-order valence-corrected chi connectivity index (χ0v) is 12.6. The van der Waals surface area contributed by atoms with Gasteiger partial charge in [-0.2, -0.15) is 0 Å². The molecule has 19 heavy (non-hydrogen) atoms. The Balaban J connectivity index is 1.92. The number of rotatable bonds is 4. The van der Waals surface area contributed by atoms with Gasteiger partial charge < -0.3 is 4.90 Å². The molecule has 1 aromatic carbocycles. The minimum absolute atomic E-state index is 0.165. The van der Waals surface area contributed by atoms with E-state index in [0.29, 0.717) is 16.5 Å². The monoisotopic (exact) mass is 302 g/mol. The molecule has 0 saturated carbocycles. The van der Waals surface area contributed by atoms with Crippen LogP contribution in [0.4, 0.5) is 0 Å². The molecule has 1 aliphatic heterocycles. The lowest BCUT2D eigenvalue weighted by Crippen LogP contribution is -2.45. The first-order chi connectivity index (χ1) is 8.97. The van der Waals surface area contributed by atoms with Crippen LogP contribution in [0.3, 0.4) is 0 Å². The van der Waals surface area contributed by atoms with Crippen LogP contribution in [0.1, 0.15) is 0 Å². The molecule has 0 N–H and O–H groups in total. The number of sulfone groups is 1. The Morgan fingerprint density at radius 2 is 1.68 bits per heavy atom. The smallest absolute Gasteiger partial charge is 0.179 e. The van der Waals surface area contributed by atoms with E-state index >= 15 is 0 Å². The minimum Gasteiger partial charge on any atom is -0.304 e. The highest BCUT2D eigenvalue weighted by Gasteiger charge is 2.19. The lowest BCUT2D eigenvalue weighted by Gasteiger charge is -2.32. The quantitative estimate of drug-likeness (QED) is 0.842. The van der Waals surface area contributed by atoms with Crippen molar-refractivity contribution in [1.82, 2.24) is 9.80 Å². The molecule has 0 unspecified atom stereocenters. The molecule has 6 heteroatoms. The third kappa shape index (κ3) is 4.18. The molecule has 106 valence electrons. The van der Waals surface area contributed by atoms with Crippen molar-refractivity contribution in [2.75, 3.05) is 45.5 Å². The fourth-order valence-corrected chi connectivity index (χ4v) is 3.49. The average molecular weight is 303 g/mol. The summed E-state index contributed by atoms with van der Waals surface area (Å²) in [6.07, 6.45) is 0. The Labute approximate surface area is 119 Å². The molecule has 0 aromatic heterocycles. The maximum Gasteiger partial charge on any atom is 0.179 e. The van der Waals surface area contributed by atoms with E-state index in [-0.39, 0.29) is 5.75 Å². The van der Waals surface area contributed by atoms with E-state index in [1.807, 2.05) is 0 Å². The summed E-state index contributed by atoms with van der Waals surface area (Å²) in [6, 6.07) is 6.37. The van der Waals surface area contributed by atoms with Crippen LogP contribution < -0.4 is 0 Å².